The number of hydrogen-bond donors (Lipinski definition) is 1. The van der Waals surface area contributed by atoms with E-state index in [0.717, 1.165) is 18.6 Å². The van der Waals surface area contributed by atoms with Crippen LogP contribution in [-0.2, 0) is 11.0 Å². The Kier molecular flexibility index (Phi) is 6.43. The summed E-state index contributed by atoms with van der Waals surface area (Å²) in [5.74, 6) is -0.604. The summed E-state index contributed by atoms with van der Waals surface area (Å²) in [5.41, 5.74) is 4.50. The number of halogens is 3. The highest BCUT2D eigenvalue weighted by molar-refractivity contribution is 5.93. The van der Waals surface area contributed by atoms with E-state index in [-0.39, 0.29) is 42.4 Å². The molecule has 10 heteroatoms. The minimum Gasteiger partial charge on any atom is -0.489 e. The van der Waals surface area contributed by atoms with Gasteiger partial charge in [0.15, 0.2) is 18.1 Å². The number of ether oxygens (including phenoxy) is 2. The normalized spacial score (nSPS) is 16.4. The molecule has 1 aliphatic heterocycles. The predicted octanol–water partition coefficient (Wildman–Crippen LogP) is 2.65. The molecule has 2 heterocycles. The van der Waals surface area contributed by atoms with E-state index in [2.05, 4.69) is 4.98 Å². The van der Waals surface area contributed by atoms with Gasteiger partial charge in [0, 0.05) is 12.7 Å². The highest BCUT2D eigenvalue weighted by Gasteiger charge is 2.31. The summed E-state index contributed by atoms with van der Waals surface area (Å²) in [6.07, 6.45) is -1.52. The smallest absolute Gasteiger partial charge is 0.416 e. The van der Waals surface area contributed by atoms with E-state index in [9.17, 15) is 22.8 Å². The van der Waals surface area contributed by atoms with Crippen LogP contribution in [0.2, 0.25) is 0 Å². The maximum atomic E-state index is 12.6. The maximum absolute atomic E-state index is 12.6. The van der Waals surface area contributed by atoms with Gasteiger partial charge in [-0.15, -0.1) is 0 Å². The molecule has 1 aliphatic rings. The van der Waals surface area contributed by atoms with Gasteiger partial charge in [-0.3, -0.25) is 9.59 Å². The number of amides is 2. The van der Waals surface area contributed by atoms with Crippen LogP contribution in [-0.4, -0.2) is 47.5 Å². The molecule has 1 aromatic heterocycles. The lowest BCUT2D eigenvalue weighted by molar-refractivity contribution is -0.138. The van der Waals surface area contributed by atoms with Gasteiger partial charge in [0.1, 0.15) is 12.4 Å². The van der Waals surface area contributed by atoms with Gasteiger partial charge in [-0.25, -0.2) is 4.98 Å². The second-order valence-electron chi connectivity index (χ2n) is 6.72. The molecule has 1 saturated heterocycles. The molecule has 1 unspecified atom stereocenters. The minimum atomic E-state index is -4.43. The molecule has 3 rings (SSSR count). The second-order valence-corrected chi connectivity index (χ2v) is 6.72. The third-order valence-electron chi connectivity index (χ3n) is 4.68. The Labute approximate surface area is 170 Å². The van der Waals surface area contributed by atoms with Crippen molar-refractivity contribution in [2.24, 2.45) is 5.73 Å². The van der Waals surface area contributed by atoms with Gasteiger partial charge in [-0.05, 0) is 49.2 Å². The Hall–Kier alpha value is -3.30. The van der Waals surface area contributed by atoms with Crippen LogP contribution in [0.3, 0.4) is 0 Å². The van der Waals surface area contributed by atoms with Gasteiger partial charge in [-0.1, -0.05) is 0 Å². The lowest BCUT2D eigenvalue weighted by Gasteiger charge is -2.25. The molecule has 0 radical (unpaired) electrons. The van der Waals surface area contributed by atoms with Gasteiger partial charge >= 0.3 is 6.18 Å². The topological polar surface area (TPSA) is 94.8 Å². The van der Waals surface area contributed by atoms with E-state index < -0.39 is 17.6 Å². The summed E-state index contributed by atoms with van der Waals surface area (Å²) >= 11 is 0. The van der Waals surface area contributed by atoms with Crippen LogP contribution >= 0.6 is 0 Å². The first-order valence-electron chi connectivity index (χ1n) is 9.23. The summed E-state index contributed by atoms with van der Waals surface area (Å²) in [6, 6.07) is 7.10. The lowest BCUT2D eigenvalue weighted by atomic mass is 10.2. The first-order valence-corrected chi connectivity index (χ1v) is 9.23. The molecule has 7 nitrogen and oxygen atoms in total. The molecule has 160 valence electrons. The molecule has 1 fully saturated rings. The van der Waals surface area contributed by atoms with Crippen LogP contribution in [0.25, 0.3) is 0 Å². The number of alkyl halides is 3. The largest absolute Gasteiger partial charge is 0.489 e. The lowest BCUT2D eigenvalue weighted by Crippen LogP contribution is -2.41. The van der Waals surface area contributed by atoms with Crippen molar-refractivity contribution in [1.29, 1.82) is 0 Å². The van der Waals surface area contributed by atoms with Gasteiger partial charge < -0.3 is 20.1 Å². The SMILES string of the molecule is NC(=O)c1ncccc1OCC1CCCN1C(=O)COc1ccc(C(F)(F)F)cc1. The summed E-state index contributed by atoms with van der Waals surface area (Å²) in [5, 5.41) is 0. The number of carbonyl (C=O) groups excluding carboxylic acids is 2. The highest BCUT2D eigenvalue weighted by Crippen LogP contribution is 2.30. The number of benzene rings is 1. The Morgan fingerprint density at radius 2 is 1.90 bits per heavy atom. The molecule has 0 bridgehead atoms. The Morgan fingerprint density at radius 1 is 1.17 bits per heavy atom. The van der Waals surface area contributed by atoms with E-state index in [1.807, 2.05) is 0 Å². The Bertz CT molecular complexity index is 903. The molecule has 2 N–H and O–H groups in total. The van der Waals surface area contributed by atoms with Crippen LogP contribution in [0.5, 0.6) is 11.5 Å². The number of carbonyl (C=O) groups is 2. The number of aromatic nitrogens is 1. The standard InChI is InChI=1S/C20H20F3N3O4/c21-20(22,23)13-5-7-15(8-6-13)29-12-17(27)26-10-2-3-14(26)11-30-16-4-1-9-25-18(16)19(24)28/h1,4-9,14H,2-3,10-12H2,(H2,24,28). The first kappa shape index (κ1) is 21.4. The monoisotopic (exact) mass is 423 g/mol. The van der Waals surface area contributed by atoms with Crippen LogP contribution in [0.4, 0.5) is 13.2 Å². The average molecular weight is 423 g/mol. The van der Waals surface area contributed by atoms with Gasteiger partial charge in [0.2, 0.25) is 0 Å². The van der Waals surface area contributed by atoms with Crippen molar-refractivity contribution < 1.29 is 32.2 Å². The Balaban J connectivity index is 1.55. The van der Waals surface area contributed by atoms with Crippen LogP contribution in [0.15, 0.2) is 42.6 Å². The molecular formula is C20H20F3N3O4. The molecule has 0 spiro atoms. The van der Waals surface area contributed by atoms with Crippen molar-refractivity contribution in [3.8, 4) is 11.5 Å². The number of hydrogen-bond acceptors (Lipinski definition) is 5. The van der Waals surface area contributed by atoms with Crippen molar-refractivity contribution >= 4 is 11.8 Å². The van der Waals surface area contributed by atoms with Crippen molar-refractivity contribution in [3.63, 3.8) is 0 Å². The molecule has 1 aromatic carbocycles. The van der Waals surface area contributed by atoms with Gasteiger partial charge in [0.05, 0.1) is 11.6 Å². The number of nitrogens with zero attached hydrogens (tertiary/aromatic N) is 2. The fourth-order valence-electron chi connectivity index (χ4n) is 3.18. The molecule has 2 aromatic rings. The zero-order chi connectivity index (χ0) is 21.7. The fraction of sp³-hybridized carbons (Fsp3) is 0.350. The zero-order valence-electron chi connectivity index (χ0n) is 15.9. The predicted molar refractivity (Wildman–Crippen MR) is 99.9 cm³/mol. The molecule has 30 heavy (non-hydrogen) atoms. The summed E-state index contributed by atoms with van der Waals surface area (Å²) < 4.78 is 48.8. The molecule has 1 atom stereocenters. The number of rotatable bonds is 7. The van der Waals surface area contributed by atoms with Crippen molar-refractivity contribution in [1.82, 2.24) is 9.88 Å². The van der Waals surface area contributed by atoms with E-state index >= 15 is 0 Å². The van der Waals surface area contributed by atoms with Crippen LogP contribution in [0, 0.1) is 0 Å². The number of likely N-dealkylation sites (tertiary alicyclic amines) is 1. The average Bonchev–Trinajstić information content (AvgIpc) is 3.19. The molecule has 0 aliphatic carbocycles. The third-order valence-corrected chi connectivity index (χ3v) is 4.68. The molecule has 0 saturated carbocycles. The summed E-state index contributed by atoms with van der Waals surface area (Å²) in [6.45, 7) is 0.359. The summed E-state index contributed by atoms with van der Waals surface area (Å²) in [7, 11) is 0. The van der Waals surface area contributed by atoms with Crippen molar-refractivity contribution in [3.05, 3.63) is 53.9 Å². The highest BCUT2D eigenvalue weighted by atomic mass is 19.4. The van der Waals surface area contributed by atoms with E-state index in [1.165, 1.54) is 18.3 Å². The molecule has 2 amide bonds. The van der Waals surface area contributed by atoms with E-state index in [1.54, 1.807) is 17.0 Å². The molecular weight excluding hydrogens is 403 g/mol. The Morgan fingerprint density at radius 3 is 2.57 bits per heavy atom. The second kappa shape index (κ2) is 9.02. The summed E-state index contributed by atoms with van der Waals surface area (Å²) in [4.78, 5) is 29.4. The minimum absolute atomic E-state index is 0.0130. The van der Waals surface area contributed by atoms with Crippen LogP contribution in [0.1, 0.15) is 28.9 Å². The van der Waals surface area contributed by atoms with Gasteiger partial charge in [0.25, 0.3) is 11.8 Å². The van der Waals surface area contributed by atoms with Crippen molar-refractivity contribution in [2.45, 2.75) is 25.1 Å². The number of pyridine rings is 1. The number of nitrogens with two attached hydrogens (primary N) is 1. The number of primary amides is 1. The fourth-order valence-corrected chi connectivity index (χ4v) is 3.18. The van der Waals surface area contributed by atoms with Crippen LogP contribution < -0.4 is 15.2 Å². The van der Waals surface area contributed by atoms with E-state index in [4.69, 9.17) is 15.2 Å². The van der Waals surface area contributed by atoms with E-state index in [0.29, 0.717) is 13.0 Å². The third kappa shape index (κ3) is 5.19. The quantitative estimate of drug-likeness (QED) is 0.739. The first-order chi connectivity index (χ1) is 14.3. The zero-order valence-corrected chi connectivity index (χ0v) is 15.9. The van der Waals surface area contributed by atoms with Gasteiger partial charge in [-0.2, -0.15) is 13.2 Å². The van der Waals surface area contributed by atoms with Crippen molar-refractivity contribution in [2.75, 3.05) is 19.8 Å². The maximum Gasteiger partial charge on any atom is 0.416 e.